The molecule has 0 aliphatic heterocycles. The highest BCUT2D eigenvalue weighted by Crippen LogP contribution is 2.13. The van der Waals surface area contributed by atoms with Crippen molar-refractivity contribution in [2.75, 3.05) is 0 Å². The molecule has 2 nitrogen and oxygen atoms in total. The minimum atomic E-state index is -0.234. The SMILES string of the molecule is Cc1cccc(OC(=O)Cc2ccccc2)c1. The Hall–Kier alpha value is -2.09. The lowest BCUT2D eigenvalue weighted by molar-refractivity contribution is -0.133. The number of esters is 1. The zero-order valence-corrected chi connectivity index (χ0v) is 9.72. The van der Waals surface area contributed by atoms with E-state index < -0.39 is 0 Å². The van der Waals surface area contributed by atoms with Gasteiger partial charge < -0.3 is 4.74 Å². The summed E-state index contributed by atoms with van der Waals surface area (Å²) in [5, 5.41) is 0. The topological polar surface area (TPSA) is 26.3 Å². The molecule has 0 amide bonds. The van der Waals surface area contributed by atoms with Gasteiger partial charge in [0.2, 0.25) is 0 Å². The second kappa shape index (κ2) is 5.30. The molecule has 0 aromatic heterocycles. The molecule has 2 aromatic rings. The highest BCUT2D eigenvalue weighted by molar-refractivity contribution is 5.75. The van der Waals surface area contributed by atoms with E-state index in [9.17, 15) is 4.79 Å². The van der Waals surface area contributed by atoms with Gasteiger partial charge in [-0.25, -0.2) is 0 Å². The Balaban J connectivity index is 1.98. The molecule has 2 heteroatoms. The molecule has 0 spiro atoms. The van der Waals surface area contributed by atoms with Crippen molar-refractivity contribution in [3.05, 3.63) is 65.7 Å². The minimum Gasteiger partial charge on any atom is -0.426 e. The monoisotopic (exact) mass is 226 g/mol. The van der Waals surface area contributed by atoms with Gasteiger partial charge in [-0.3, -0.25) is 4.79 Å². The van der Waals surface area contributed by atoms with E-state index in [1.807, 2.05) is 55.5 Å². The molecule has 0 atom stereocenters. The molecule has 0 saturated carbocycles. The standard InChI is InChI=1S/C15H14O2/c1-12-6-5-9-14(10-12)17-15(16)11-13-7-3-2-4-8-13/h2-10H,11H2,1H3. The van der Waals surface area contributed by atoms with Crippen molar-refractivity contribution in [3.8, 4) is 5.75 Å². The summed E-state index contributed by atoms with van der Waals surface area (Å²) in [5.41, 5.74) is 2.04. The van der Waals surface area contributed by atoms with E-state index >= 15 is 0 Å². The van der Waals surface area contributed by atoms with Gasteiger partial charge in [0, 0.05) is 0 Å². The average molecular weight is 226 g/mol. The molecule has 0 saturated heterocycles. The minimum absolute atomic E-state index is 0.234. The van der Waals surface area contributed by atoms with Crippen LogP contribution >= 0.6 is 0 Å². The number of ether oxygens (including phenoxy) is 1. The van der Waals surface area contributed by atoms with Crippen LogP contribution in [0.3, 0.4) is 0 Å². The zero-order valence-electron chi connectivity index (χ0n) is 9.72. The van der Waals surface area contributed by atoms with E-state index in [2.05, 4.69) is 0 Å². The molecule has 2 aromatic carbocycles. The Morgan fingerprint density at radius 3 is 2.53 bits per heavy atom. The molecule has 0 N–H and O–H groups in total. The van der Waals surface area contributed by atoms with E-state index in [0.717, 1.165) is 11.1 Å². The fourth-order valence-electron chi connectivity index (χ4n) is 1.61. The predicted molar refractivity (Wildman–Crippen MR) is 67.0 cm³/mol. The van der Waals surface area contributed by atoms with Gasteiger partial charge in [0.15, 0.2) is 0 Å². The predicted octanol–water partition coefficient (Wildman–Crippen LogP) is 3.14. The summed E-state index contributed by atoms with van der Waals surface area (Å²) >= 11 is 0. The maximum atomic E-state index is 11.7. The number of aryl methyl sites for hydroxylation is 1. The van der Waals surface area contributed by atoms with Gasteiger partial charge in [0.25, 0.3) is 0 Å². The van der Waals surface area contributed by atoms with Crippen LogP contribution < -0.4 is 4.74 Å². The smallest absolute Gasteiger partial charge is 0.315 e. The molecule has 0 fully saturated rings. The quantitative estimate of drug-likeness (QED) is 0.593. The largest absolute Gasteiger partial charge is 0.426 e. The fourth-order valence-corrected chi connectivity index (χ4v) is 1.61. The van der Waals surface area contributed by atoms with Crippen molar-refractivity contribution in [1.29, 1.82) is 0 Å². The van der Waals surface area contributed by atoms with E-state index in [1.54, 1.807) is 6.07 Å². The lowest BCUT2D eigenvalue weighted by Gasteiger charge is -2.04. The lowest BCUT2D eigenvalue weighted by Crippen LogP contribution is -2.11. The van der Waals surface area contributed by atoms with Gasteiger partial charge in [0.05, 0.1) is 6.42 Å². The third kappa shape index (κ3) is 3.45. The Morgan fingerprint density at radius 2 is 1.82 bits per heavy atom. The summed E-state index contributed by atoms with van der Waals surface area (Å²) in [6, 6.07) is 17.1. The first-order valence-electron chi connectivity index (χ1n) is 5.55. The van der Waals surface area contributed by atoms with Crippen LogP contribution in [0.1, 0.15) is 11.1 Å². The highest BCUT2D eigenvalue weighted by Gasteiger charge is 2.05. The summed E-state index contributed by atoms with van der Waals surface area (Å²) in [6.45, 7) is 1.97. The number of carbonyl (C=O) groups excluding carboxylic acids is 1. The summed E-state index contributed by atoms with van der Waals surface area (Å²) in [5.74, 6) is 0.368. The molecule has 17 heavy (non-hydrogen) atoms. The normalized spacial score (nSPS) is 9.94. The van der Waals surface area contributed by atoms with Gasteiger partial charge in [-0.2, -0.15) is 0 Å². The van der Waals surface area contributed by atoms with Crippen LogP contribution in [-0.2, 0) is 11.2 Å². The first kappa shape index (κ1) is 11.4. The molecule has 0 bridgehead atoms. The Morgan fingerprint density at radius 1 is 1.06 bits per heavy atom. The first-order chi connectivity index (χ1) is 8.24. The molecule has 2 rings (SSSR count). The van der Waals surface area contributed by atoms with Gasteiger partial charge in [-0.1, -0.05) is 42.5 Å². The number of benzene rings is 2. The summed E-state index contributed by atoms with van der Waals surface area (Å²) < 4.78 is 5.26. The van der Waals surface area contributed by atoms with Crippen LogP contribution in [0.4, 0.5) is 0 Å². The van der Waals surface area contributed by atoms with Gasteiger partial charge >= 0.3 is 5.97 Å². The van der Waals surface area contributed by atoms with Crippen LogP contribution in [-0.4, -0.2) is 5.97 Å². The summed E-state index contributed by atoms with van der Waals surface area (Å²) in [4.78, 5) is 11.7. The molecule has 0 aliphatic carbocycles. The van der Waals surface area contributed by atoms with Crippen molar-refractivity contribution in [2.24, 2.45) is 0 Å². The third-order valence-electron chi connectivity index (χ3n) is 2.41. The second-order valence-electron chi connectivity index (χ2n) is 3.95. The molecule has 0 aliphatic rings. The first-order valence-corrected chi connectivity index (χ1v) is 5.55. The van der Waals surface area contributed by atoms with Crippen LogP contribution in [0.25, 0.3) is 0 Å². The Labute approximate surface area is 101 Å². The maximum Gasteiger partial charge on any atom is 0.315 e. The van der Waals surface area contributed by atoms with Crippen molar-refractivity contribution in [2.45, 2.75) is 13.3 Å². The number of rotatable bonds is 3. The maximum absolute atomic E-state index is 11.7. The Kier molecular flexibility index (Phi) is 3.55. The highest BCUT2D eigenvalue weighted by atomic mass is 16.5. The van der Waals surface area contributed by atoms with Crippen molar-refractivity contribution in [3.63, 3.8) is 0 Å². The van der Waals surface area contributed by atoms with Crippen LogP contribution in [0.5, 0.6) is 5.75 Å². The molecule has 0 unspecified atom stereocenters. The molecule has 0 radical (unpaired) electrons. The lowest BCUT2D eigenvalue weighted by atomic mass is 10.1. The zero-order chi connectivity index (χ0) is 12.1. The average Bonchev–Trinajstić information content (AvgIpc) is 2.30. The van der Waals surface area contributed by atoms with Gasteiger partial charge in [-0.05, 0) is 30.2 Å². The van der Waals surface area contributed by atoms with Crippen molar-refractivity contribution in [1.82, 2.24) is 0 Å². The van der Waals surface area contributed by atoms with Crippen LogP contribution in [0.2, 0.25) is 0 Å². The fraction of sp³-hybridized carbons (Fsp3) is 0.133. The Bertz CT molecular complexity index is 503. The summed E-state index contributed by atoms with van der Waals surface area (Å²) in [6.07, 6.45) is 0.300. The number of hydrogen-bond acceptors (Lipinski definition) is 2. The molecular weight excluding hydrogens is 212 g/mol. The summed E-state index contributed by atoms with van der Waals surface area (Å²) in [7, 11) is 0. The third-order valence-corrected chi connectivity index (χ3v) is 2.41. The van der Waals surface area contributed by atoms with Gasteiger partial charge in [0.1, 0.15) is 5.75 Å². The second-order valence-corrected chi connectivity index (χ2v) is 3.95. The van der Waals surface area contributed by atoms with Crippen molar-refractivity contribution >= 4 is 5.97 Å². The molecule has 0 heterocycles. The van der Waals surface area contributed by atoms with Crippen molar-refractivity contribution < 1.29 is 9.53 Å². The number of carbonyl (C=O) groups is 1. The van der Waals surface area contributed by atoms with E-state index in [0.29, 0.717) is 12.2 Å². The van der Waals surface area contributed by atoms with Gasteiger partial charge in [-0.15, -0.1) is 0 Å². The van der Waals surface area contributed by atoms with E-state index in [4.69, 9.17) is 4.74 Å². The van der Waals surface area contributed by atoms with E-state index in [-0.39, 0.29) is 5.97 Å². The van der Waals surface area contributed by atoms with Crippen LogP contribution in [0.15, 0.2) is 54.6 Å². The molecule has 86 valence electrons. The number of hydrogen-bond donors (Lipinski definition) is 0. The molecular formula is C15H14O2. The van der Waals surface area contributed by atoms with E-state index in [1.165, 1.54) is 0 Å². The van der Waals surface area contributed by atoms with Crippen LogP contribution in [0, 0.1) is 6.92 Å².